The van der Waals surface area contributed by atoms with Gasteiger partial charge in [0.25, 0.3) is 0 Å². The second-order valence-corrected chi connectivity index (χ2v) is 5.97. The van der Waals surface area contributed by atoms with Crippen LogP contribution in [0, 0.1) is 3.57 Å². The van der Waals surface area contributed by atoms with E-state index in [4.69, 9.17) is 0 Å². The van der Waals surface area contributed by atoms with Gasteiger partial charge >= 0.3 is 0 Å². The predicted molar refractivity (Wildman–Crippen MR) is 74.0 cm³/mol. The third-order valence-corrected chi connectivity index (χ3v) is 4.24. The van der Waals surface area contributed by atoms with E-state index in [0.717, 1.165) is 17.6 Å². The van der Waals surface area contributed by atoms with Crippen molar-refractivity contribution in [3.8, 4) is 0 Å². The van der Waals surface area contributed by atoms with Crippen molar-refractivity contribution >= 4 is 22.6 Å². The van der Waals surface area contributed by atoms with E-state index >= 15 is 0 Å². The highest BCUT2D eigenvalue weighted by atomic mass is 127. The lowest BCUT2D eigenvalue weighted by Crippen LogP contribution is -2.46. The Morgan fingerprint density at radius 1 is 1.12 bits per heavy atom. The van der Waals surface area contributed by atoms with Gasteiger partial charge in [0.2, 0.25) is 0 Å². The van der Waals surface area contributed by atoms with Gasteiger partial charge in [-0.3, -0.25) is 0 Å². The molecule has 0 amide bonds. The largest absolute Gasteiger partial charge is 0.391 e. The van der Waals surface area contributed by atoms with E-state index in [9.17, 15) is 5.11 Å². The molecule has 88 valence electrons. The summed E-state index contributed by atoms with van der Waals surface area (Å²) in [6.45, 7) is 4.76. The molecule has 0 aromatic heterocycles. The third kappa shape index (κ3) is 2.96. The van der Waals surface area contributed by atoms with Gasteiger partial charge in [-0.2, -0.15) is 0 Å². The molecule has 1 N–H and O–H groups in total. The number of quaternary nitrogens is 1. The van der Waals surface area contributed by atoms with Crippen molar-refractivity contribution in [3.05, 3.63) is 33.4 Å². The maximum Gasteiger partial charge on any atom is 0.104 e. The van der Waals surface area contributed by atoms with Crippen LogP contribution in [0.1, 0.15) is 18.4 Å². The van der Waals surface area contributed by atoms with Crippen LogP contribution in [0.4, 0.5) is 0 Å². The number of benzene rings is 1. The molecular weight excluding hydrogens is 313 g/mol. The maximum atomic E-state index is 9.20. The average molecular weight is 332 g/mol. The number of halogens is 1. The van der Waals surface area contributed by atoms with Crippen LogP contribution < -0.4 is 0 Å². The second kappa shape index (κ2) is 5.47. The second-order valence-electron chi connectivity index (χ2n) is 4.73. The molecule has 2 rings (SSSR count). The Morgan fingerprint density at radius 2 is 1.75 bits per heavy atom. The van der Waals surface area contributed by atoms with E-state index in [2.05, 4.69) is 46.9 Å². The number of aliphatic hydroxyl groups excluding tert-OH is 1. The topological polar surface area (TPSA) is 20.2 Å². The first-order valence-electron chi connectivity index (χ1n) is 5.95. The highest BCUT2D eigenvalue weighted by Crippen LogP contribution is 2.23. The normalized spacial score (nSPS) is 18.9. The van der Waals surface area contributed by atoms with Gasteiger partial charge in [0.15, 0.2) is 0 Å². The molecule has 0 atom stereocenters. The lowest BCUT2D eigenvalue weighted by molar-refractivity contribution is -0.929. The maximum absolute atomic E-state index is 9.20. The molecule has 0 aliphatic carbocycles. The van der Waals surface area contributed by atoms with E-state index in [-0.39, 0.29) is 0 Å². The minimum Gasteiger partial charge on any atom is -0.391 e. The number of aliphatic hydroxyl groups is 1. The summed E-state index contributed by atoms with van der Waals surface area (Å²) in [5.41, 5.74) is 1.40. The zero-order valence-corrected chi connectivity index (χ0v) is 11.7. The van der Waals surface area contributed by atoms with Crippen molar-refractivity contribution in [1.82, 2.24) is 0 Å². The first kappa shape index (κ1) is 12.3. The van der Waals surface area contributed by atoms with Crippen LogP contribution in [0.5, 0.6) is 0 Å². The highest BCUT2D eigenvalue weighted by molar-refractivity contribution is 14.1. The first-order chi connectivity index (χ1) is 7.74. The van der Waals surface area contributed by atoms with Crippen LogP contribution in [0.2, 0.25) is 0 Å². The van der Waals surface area contributed by atoms with Crippen molar-refractivity contribution in [3.63, 3.8) is 0 Å². The van der Waals surface area contributed by atoms with Gasteiger partial charge in [-0.1, -0.05) is 12.1 Å². The molecule has 1 saturated heterocycles. The minimum atomic E-state index is 0.310. The SMILES string of the molecule is OCC[N+]1(Cc2ccc(I)cc2)CCCC1. The average Bonchev–Trinajstić information content (AvgIpc) is 2.71. The van der Waals surface area contributed by atoms with Gasteiger partial charge in [0.1, 0.15) is 13.1 Å². The van der Waals surface area contributed by atoms with E-state index < -0.39 is 0 Å². The number of rotatable bonds is 4. The highest BCUT2D eigenvalue weighted by Gasteiger charge is 2.31. The molecule has 1 aliphatic rings. The molecule has 1 aliphatic heterocycles. The molecule has 1 aromatic rings. The molecule has 0 bridgehead atoms. The Balaban J connectivity index is 2.08. The fraction of sp³-hybridized carbons (Fsp3) is 0.538. The standard InChI is InChI=1S/C13H19INO/c14-13-5-3-12(4-6-13)11-15(9-10-16)7-1-2-8-15/h3-6,16H,1-2,7-11H2/q+1. The molecule has 1 heterocycles. The third-order valence-electron chi connectivity index (χ3n) is 3.52. The Labute approximate surface area is 111 Å². The van der Waals surface area contributed by atoms with Crippen molar-refractivity contribution in [2.45, 2.75) is 19.4 Å². The van der Waals surface area contributed by atoms with E-state index in [1.54, 1.807) is 0 Å². The van der Waals surface area contributed by atoms with Gasteiger partial charge in [0.05, 0.1) is 19.7 Å². The molecule has 0 saturated carbocycles. The zero-order chi connectivity index (χ0) is 11.4. The van der Waals surface area contributed by atoms with Crippen molar-refractivity contribution < 1.29 is 9.59 Å². The molecule has 16 heavy (non-hydrogen) atoms. The summed E-state index contributed by atoms with van der Waals surface area (Å²) in [4.78, 5) is 0. The summed E-state index contributed by atoms with van der Waals surface area (Å²) in [6, 6.07) is 8.78. The molecule has 1 fully saturated rings. The Hall–Kier alpha value is -0.130. The van der Waals surface area contributed by atoms with Crippen molar-refractivity contribution in [1.29, 1.82) is 0 Å². The Kier molecular flexibility index (Phi) is 4.21. The van der Waals surface area contributed by atoms with E-state index in [1.165, 1.54) is 35.1 Å². The predicted octanol–water partition coefficient (Wildman–Crippen LogP) is 2.39. The first-order valence-corrected chi connectivity index (χ1v) is 7.02. The molecular formula is C13H19INO+. The summed E-state index contributed by atoms with van der Waals surface area (Å²) in [5, 5.41) is 9.20. The van der Waals surface area contributed by atoms with Gasteiger partial charge in [0, 0.05) is 22.0 Å². The number of hydrogen-bond donors (Lipinski definition) is 1. The molecule has 0 radical (unpaired) electrons. The fourth-order valence-corrected chi connectivity index (χ4v) is 3.02. The van der Waals surface area contributed by atoms with Crippen LogP contribution in [0.3, 0.4) is 0 Å². The zero-order valence-electron chi connectivity index (χ0n) is 9.53. The number of nitrogens with zero attached hydrogens (tertiary/aromatic N) is 1. The van der Waals surface area contributed by atoms with E-state index in [0.29, 0.717) is 6.61 Å². The smallest absolute Gasteiger partial charge is 0.104 e. The van der Waals surface area contributed by atoms with E-state index in [1.807, 2.05) is 0 Å². The molecule has 0 unspecified atom stereocenters. The van der Waals surface area contributed by atoms with Crippen LogP contribution in [0.25, 0.3) is 0 Å². The minimum absolute atomic E-state index is 0.310. The van der Waals surface area contributed by atoms with Gasteiger partial charge in [-0.25, -0.2) is 0 Å². The fourth-order valence-electron chi connectivity index (χ4n) is 2.66. The Morgan fingerprint density at radius 3 is 2.31 bits per heavy atom. The van der Waals surface area contributed by atoms with Gasteiger partial charge in [-0.15, -0.1) is 0 Å². The molecule has 2 nitrogen and oxygen atoms in total. The summed E-state index contributed by atoms with van der Waals surface area (Å²) >= 11 is 2.34. The quantitative estimate of drug-likeness (QED) is 0.663. The van der Waals surface area contributed by atoms with Crippen molar-refractivity contribution in [2.24, 2.45) is 0 Å². The summed E-state index contributed by atoms with van der Waals surface area (Å²) < 4.78 is 2.37. The Bertz CT molecular complexity index is 330. The van der Waals surface area contributed by atoms with Crippen LogP contribution in [0.15, 0.2) is 24.3 Å². The van der Waals surface area contributed by atoms with Crippen LogP contribution >= 0.6 is 22.6 Å². The lowest BCUT2D eigenvalue weighted by atomic mass is 10.2. The number of likely N-dealkylation sites (tertiary alicyclic amines) is 1. The summed E-state index contributed by atoms with van der Waals surface area (Å²) in [7, 11) is 0. The van der Waals surface area contributed by atoms with Gasteiger partial charge < -0.3 is 9.59 Å². The van der Waals surface area contributed by atoms with Crippen molar-refractivity contribution in [2.75, 3.05) is 26.2 Å². The summed E-state index contributed by atoms with van der Waals surface area (Å²) in [5.74, 6) is 0. The number of hydrogen-bond acceptors (Lipinski definition) is 1. The molecule has 1 aromatic carbocycles. The van der Waals surface area contributed by atoms with Crippen LogP contribution in [-0.4, -0.2) is 35.8 Å². The monoisotopic (exact) mass is 332 g/mol. The molecule has 3 heteroatoms. The summed E-state index contributed by atoms with van der Waals surface area (Å²) in [6.07, 6.45) is 2.62. The lowest BCUT2D eigenvalue weighted by Gasteiger charge is -2.33. The van der Waals surface area contributed by atoms with Crippen LogP contribution in [-0.2, 0) is 6.54 Å². The molecule has 0 spiro atoms. The van der Waals surface area contributed by atoms with Gasteiger partial charge in [-0.05, 0) is 34.7 Å².